The molecule has 0 bridgehead atoms. The summed E-state index contributed by atoms with van der Waals surface area (Å²) in [4.78, 5) is 0. The summed E-state index contributed by atoms with van der Waals surface area (Å²) in [5.74, 6) is -0.783. The molecule has 0 amide bonds. The van der Waals surface area contributed by atoms with E-state index in [4.69, 9.17) is 13.9 Å². The van der Waals surface area contributed by atoms with Crippen molar-refractivity contribution in [2.24, 2.45) is 5.92 Å². The van der Waals surface area contributed by atoms with Crippen molar-refractivity contribution in [1.29, 1.82) is 0 Å². The molecule has 0 spiro atoms. The zero-order valence-corrected chi connectivity index (χ0v) is 16.7. The van der Waals surface area contributed by atoms with E-state index < -0.39 is 14.3 Å². The highest BCUT2D eigenvalue weighted by Crippen LogP contribution is 2.58. The average Bonchev–Trinajstić information content (AvgIpc) is 2.82. The first-order chi connectivity index (χ1) is 11.3. The summed E-state index contributed by atoms with van der Waals surface area (Å²) >= 11 is 0. The van der Waals surface area contributed by atoms with Crippen molar-refractivity contribution in [1.82, 2.24) is 0 Å². The molecule has 0 radical (unpaired) electrons. The van der Waals surface area contributed by atoms with E-state index in [1.165, 1.54) is 5.56 Å². The largest absolute Gasteiger partial charge is 0.447 e. The van der Waals surface area contributed by atoms with Gasteiger partial charge in [-0.05, 0) is 28.3 Å². The van der Waals surface area contributed by atoms with E-state index in [9.17, 15) is 0 Å². The van der Waals surface area contributed by atoms with Gasteiger partial charge in [0.2, 0.25) is 8.32 Å². The number of benzene rings is 1. The Labute approximate surface area is 147 Å². The lowest BCUT2D eigenvalue weighted by molar-refractivity contribution is -0.439. The van der Waals surface area contributed by atoms with Gasteiger partial charge in [0.25, 0.3) is 0 Å². The third-order valence-electron chi connectivity index (χ3n) is 5.70. The third kappa shape index (κ3) is 2.56. The highest BCUT2D eigenvalue weighted by molar-refractivity contribution is 6.77. The fourth-order valence-corrected chi connectivity index (χ4v) is 10.1. The molecule has 1 aromatic carbocycles. The van der Waals surface area contributed by atoms with Crippen LogP contribution in [0.4, 0.5) is 0 Å². The highest BCUT2D eigenvalue weighted by atomic mass is 28.4. The smallest absolute Gasteiger partial charge is 0.327 e. The summed E-state index contributed by atoms with van der Waals surface area (Å²) in [6, 6.07) is 10.3. The quantitative estimate of drug-likeness (QED) is 0.613. The van der Waals surface area contributed by atoms with E-state index >= 15 is 0 Å². The van der Waals surface area contributed by atoms with Crippen molar-refractivity contribution in [3.63, 3.8) is 0 Å². The Hall–Kier alpha value is -1.10. The molecule has 1 saturated heterocycles. The minimum absolute atomic E-state index is 0.0168. The van der Waals surface area contributed by atoms with Gasteiger partial charge < -0.3 is 13.9 Å². The molecule has 1 fully saturated rings. The van der Waals surface area contributed by atoms with E-state index in [2.05, 4.69) is 71.9 Å². The van der Waals surface area contributed by atoms with Crippen LogP contribution in [0.25, 0.3) is 0 Å². The topological polar surface area (TPSA) is 27.7 Å². The van der Waals surface area contributed by atoms with E-state index in [1.54, 1.807) is 6.26 Å². The normalized spacial score (nSPS) is 29.0. The molecule has 4 heteroatoms. The van der Waals surface area contributed by atoms with Crippen LogP contribution in [-0.4, -0.2) is 14.3 Å². The van der Waals surface area contributed by atoms with Crippen LogP contribution in [0.3, 0.4) is 0 Å². The Balaban J connectivity index is 1.87. The Morgan fingerprint density at radius 1 is 0.958 bits per heavy atom. The van der Waals surface area contributed by atoms with Crippen LogP contribution in [0, 0.1) is 5.92 Å². The number of fused-ring (bicyclic) bond motifs is 1. The van der Waals surface area contributed by atoms with Crippen LogP contribution in [0.2, 0.25) is 16.6 Å². The van der Waals surface area contributed by atoms with Gasteiger partial charge in [0.05, 0.1) is 6.26 Å². The predicted molar refractivity (Wildman–Crippen MR) is 98.8 cm³/mol. The van der Waals surface area contributed by atoms with Gasteiger partial charge >= 0.3 is 5.97 Å². The molecule has 2 aliphatic rings. The van der Waals surface area contributed by atoms with Crippen molar-refractivity contribution in [3.05, 3.63) is 48.2 Å². The predicted octanol–water partition coefficient (Wildman–Crippen LogP) is 5.76. The molecule has 0 unspecified atom stereocenters. The molecule has 132 valence electrons. The first kappa shape index (κ1) is 17.7. The van der Waals surface area contributed by atoms with Crippen molar-refractivity contribution < 1.29 is 13.9 Å². The molecule has 0 aromatic heterocycles. The Bertz CT molecular complexity index is 574. The fourth-order valence-electron chi connectivity index (χ4n) is 4.62. The summed E-state index contributed by atoms with van der Waals surface area (Å²) < 4.78 is 19.0. The first-order valence-corrected chi connectivity index (χ1v) is 11.2. The third-order valence-corrected chi connectivity index (χ3v) is 11.8. The lowest BCUT2D eigenvalue weighted by Crippen LogP contribution is -2.63. The van der Waals surface area contributed by atoms with Gasteiger partial charge in [-0.25, -0.2) is 0 Å². The number of rotatable bonds is 6. The first-order valence-electron chi connectivity index (χ1n) is 9.11. The Morgan fingerprint density at radius 2 is 1.54 bits per heavy atom. The van der Waals surface area contributed by atoms with Crippen molar-refractivity contribution in [2.45, 2.75) is 70.2 Å². The molecule has 3 atom stereocenters. The van der Waals surface area contributed by atoms with Gasteiger partial charge in [-0.1, -0.05) is 71.9 Å². The van der Waals surface area contributed by atoms with Gasteiger partial charge in [0.15, 0.2) is 0 Å². The summed E-state index contributed by atoms with van der Waals surface area (Å²) in [6.45, 7) is 13.7. The van der Waals surface area contributed by atoms with E-state index in [0.717, 1.165) is 0 Å². The molecular formula is C20H30O3Si. The van der Waals surface area contributed by atoms with Crippen LogP contribution in [0.1, 0.15) is 53.2 Å². The summed E-state index contributed by atoms with van der Waals surface area (Å²) in [5, 5.41) is 0. The summed E-state index contributed by atoms with van der Waals surface area (Å²) in [5.41, 5.74) is 2.67. The van der Waals surface area contributed by atoms with E-state index in [-0.39, 0.29) is 12.0 Å². The molecule has 0 saturated carbocycles. The zero-order chi connectivity index (χ0) is 17.5. The minimum Gasteiger partial charge on any atom is -0.447 e. The Morgan fingerprint density at radius 3 is 2.08 bits per heavy atom. The molecule has 1 aromatic rings. The maximum absolute atomic E-state index is 6.85. The van der Waals surface area contributed by atoms with Crippen LogP contribution in [0.15, 0.2) is 42.7 Å². The SMILES string of the molecule is CC(C)[Si](O[C@]12OC=C[C@H]1[C@H](c1ccccc1)O2)(C(C)C)C(C)C. The van der Waals surface area contributed by atoms with Crippen molar-refractivity contribution in [2.75, 3.05) is 0 Å². The molecule has 0 aliphatic carbocycles. The number of hydrogen-bond acceptors (Lipinski definition) is 3. The lowest BCUT2D eigenvalue weighted by Gasteiger charge is -2.55. The summed E-state index contributed by atoms with van der Waals surface area (Å²) in [7, 11) is -2.08. The lowest BCUT2D eigenvalue weighted by atomic mass is 9.89. The number of ether oxygens (including phenoxy) is 2. The fraction of sp³-hybridized carbons (Fsp3) is 0.600. The van der Waals surface area contributed by atoms with Crippen LogP contribution in [-0.2, 0) is 13.9 Å². The maximum atomic E-state index is 6.85. The van der Waals surface area contributed by atoms with Gasteiger partial charge in [0, 0.05) is 0 Å². The molecule has 3 nitrogen and oxygen atoms in total. The average molecular weight is 347 g/mol. The number of hydrogen-bond donors (Lipinski definition) is 0. The molecule has 24 heavy (non-hydrogen) atoms. The highest BCUT2D eigenvalue weighted by Gasteiger charge is 2.65. The van der Waals surface area contributed by atoms with Crippen molar-refractivity contribution in [3.8, 4) is 0 Å². The van der Waals surface area contributed by atoms with Crippen LogP contribution in [0.5, 0.6) is 0 Å². The second kappa shape index (κ2) is 6.32. The summed E-state index contributed by atoms with van der Waals surface area (Å²) in [6.07, 6.45) is 3.87. The van der Waals surface area contributed by atoms with Gasteiger partial charge in [0.1, 0.15) is 12.0 Å². The molecule has 0 N–H and O–H groups in total. The van der Waals surface area contributed by atoms with Gasteiger partial charge in [-0.3, -0.25) is 0 Å². The van der Waals surface area contributed by atoms with E-state index in [0.29, 0.717) is 16.6 Å². The minimum atomic E-state index is -2.08. The monoisotopic (exact) mass is 346 g/mol. The molecule has 3 rings (SSSR count). The van der Waals surface area contributed by atoms with Crippen LogP contribution < -0.4 is 0 Å². The van der Waals surface area contributed by atoms with E-state index in [1.807, 2.05) is 6.07 Å². The Kier molecular flexibility index (Phi) is 4.66. The van der Waals surface area contributed by atoms with Gasteiger partial charge in [-0.15, -0.1) is 0 Å². The molecule has 2 aliphatic heterocycles. The standard InChI is InChI=1S/C20H30O3Si/c1-14(2)24(15(3)4,16(5)6)23-20-18(12-13-21-20)19(22-20)17-10-8-7-9-11-17/h7-16,18-19H,1-6H3/t18-,19-,20-/m0/s1. The second-order valence-corrected chi connectivity index (χ2v) is 13.3. The zero-order valence-electron chi connectivity index (χ0n) is 15.7. The molecule has 2 heterocycles. The van der Waals surface area contributed by atoms with Crippen LogP contribution >= 0.6 is 0 Å². The van der Waals surface area contributed by atoms with Gasteiger partial charge in [-0.2, -0.15) is 0 Å². The second-order valence-electron chi connectivity index (χ2n) is 7.94. The maximum Gasteiger partial charge on any atom is 0.327 e. The van der Waals surface area contributed by atoms with Crippen molar-refractivity contribution >= 4 is 8.32 Å². The molecular weight excluding hydrogens is 316 g/mol.